The van der Waals surface area contributed by atoms with Gasteiger partial charge in [0, 0.05) is 11.6 Å². The molecule has 0 fully saturated rings. The van der Waals surface area contributed by atoms with E-state index in [4.69, 9.17) is 9.47 Å². The first-order chi connectivity index (χ1) is 10.6. The van der Waals surface area contributed by atoms with Gasteiger partial charge in [0.15, 0.2) is 0 Å². The summed E-state index contributed by atoms with van der Waals surface area (Å²) in [5.41, 5.74) is 0.954. The maximum Gasteiger partial charge on any atom is 0.324 e. The first-order valence-electron chi connectivity index (χ1n) is 6.53. The number of carbonyl (C=O) groups is 1. The van der Waals surface area contributed by atoms with Crippen molar-refractivity contribution in [2.24, 2.45) is 0 Å². The molecule has 112 valence electrons. The molecule has 0 spiro atoms. The van der Waals surface area contributed by atoms with Crippen LogP contribution in [-0.2, 0) is 15.1 Å². The molecule has 6 heteroatoms. The predicted molar refractivity (Wildman–Crippen MR) is 80.8 cm³/mol. The second-order valence-electron chi connectivity index (χ2n) is 4.73. The normalized spacial score (nSPS) is 16.7. The Bertz CT molecular complexity index is 861. The van der Waals surface area contributed by atoms with Crippen molar-refractivity contribution in [3.63, 3.8) is 0 Å². The second-order valence-corrected chi connectivity index (χ2v) is 5.64. The first-order valence-corrected chi connectivity index (χ1v) is 7.60. The van der Waals surface area contributed by atoms with Crippen LogP contribution in [0.2, 0.25) is 0 Å². The number of esters is 1. The van der Waals surface area contributed by atoms with E-state index in [0.717, 1.165) is 0 Å². The van der Waals surface area contributed by atoms with Gasteiger partial charge in [0.1, 0.15) is 22.3 Å². The Labute approximate surface area is 128 Å². The Morgan fingerprint density at radius 2 is 1.82 bits per heavy atom. The third-order valence-electron chi connectivity index (χ3n) is 3.48. The van der Waals surface area contributed by atoms with Crippen LogP contribution >= 0.6 is 0 Å². The Morgan fingerprint density at radius 1 is 1.09 bits per heavy atom. The van der Waals surface area contributed by atoms with E-state index in [-0.39, 0.29) is 10.6 Å². The Hall–Kier alpha value is -2.60. The van der Waals surface area contributed by atoms with Gasteiger partial charge in [0.05, 0.1) is 7.11 Å². The van der Waals surface area contributed by atoms with Crippen molar-refractivity contribution in [2.75, 3.05) is 7.11 Å². The van der Waals surface area contributed by atoms with E-state index in [0.29, 0.717) is 16.9 Å². The van der Waals surface area contributed by atoms with E-state index in [2.05, 4.69) is 0 Å². The van der Waals surface area contributed by atoms with Gasteiger partial charge in [-0.15, -0.1) is 0 Å². The highest BCUT2D eigenvalue weighted by Crippen LogP contribution is 2.35. The van der Waals surface area contributed by atoms with Crippen LogP contribution in [-0.4, -0.2) is 26.4 Å². The van der Waals surface area contributed by atoms with Crippen LogP contribution < -0.4 is 9.47 Å². The molecule has 0 bridgehead atoms. The summed E-state index contributed by atoms with van der Waals surface area (Å²) in [6.07, 6.45) is 0. The zero-order chi connectivity index (χ0) is 15.7. The molecule has 1 aliphatic rings. The lowest BCUT2D eigenvalue weighted by molar-refractivity contribution is -0.134. The van der Waals surface area contributed by atoms with Gasteiger partial charge in [0.25, 0.3) is 0 Å². The Balaban J connectivity index is 2.23. The van der Waals surface area contributed by atoms with Crippen molar-refractivity contribution in [1.29, 1.82) is 0 Å². The number of hydrogen-bond donors (Lipinski definition) is 0. The van der Waals surface area contributed by atoms with Crippen LogP contribution in [0.3, 0.4) is 0 Å². The highest BCUT2D eigenvalue weighted by Gasteiger charge is 2.37. The topological polar surface area (TPSA) is 69.7 Å². The third-order valence-corrected chi connectivity index (χ3v) is 4.29. The molecule has 2 aromatic carbocycles. The lowest BCUT2D eigenvalue weighted by Gasteiger charge is -2.24. The minimum absolute atomic E-state index is 0.0140. The lowest BCUT2D eigenvalue weighted by atomic mass is 9.89. The summed E-state index contributed by atoms with van der Waals surface area (Å²) in [7, 11) is -1.07. The molecule has 0 N–H and O–H groups in total. The maximum absolute atomic E-state index is 12.3. The highest BCUT2D eigenvalue weighted by molar-refractivity contribution is 7.73. The van der Waals surface area contributed by atoms with Crippen molar-refractivity contribution in [2.45, 2.75) is 5.92 Å². The molecular formula is C16H12O5S. The predicted octanol–water partition coefficient (Wildman–Crippen LogP) is 1.80. The summed E-state index contributed by atoms with van der Waals surface area (Å²) in [5, 5.41) is 0. The van der Waals surface area contributed by atoms with Gasteiger partial charge in [-0.05, 0) is 17.7 Å². The molecule has 0 aromatic heterocycles. The molecule has 1 atom stereocenters. The fourth-order valence-corrected chi connectivity index (χ4v) is 3.24. The fraction of sp³-hybridized carbons (Fsp3) is 0.125. The summed E-state index contributed by atoms with van der Waals surface area (Å²) >= 11 is 0. The summed E-state index contributed by atoms with van der Waals surface area (Å²) in [4.78, 5) is 12.3. The van der Waals surface area contributed by atoms with Crippen LogP contribution in [0.5, 0.6) is 11.5 Å². The Morgan fingerprint density at radius 3 is 2.45 bits per heavy atom. The number of hydrogen-bond acceptors (Lipinski definition) is 5. The minimum atomic E-state index is -2.55. The molecule has 1 unspecified atom stereocenters. The van der Waals surface area contributed by atoms with E-state index >= 15 is 0 Å². The maximum atomic E-state index is 12.3. The molecular weight excluding hydrogens is 304 g/mol. The molecule has 0 aliphatic carbocycles. The van der Waals surface area contributed by atoms with E-state index in [1.165, 1.54) is 13.2 Å². The Kier molecular flexibility index (Phi) is 3.68. The van der Waals surface area contributed by atoms with E-state index in [1.54, 1.807) is 42.5 Å². The fourth-order valence-electron chi connectivity index (χ4n) is 2.47. The molecule has 3 rings (SSSR count). The van der Waals surface area contributed by atoms with E-state index in [9.17, 15) is 13.2 Å². The zero-order valence-electron chi connectivity index (χ0n) is 11.6. The van der Waals surface area contributed by atoms with Crippen molar-refractivity contribution in [1.82, 2.24) is 0 Å². The zero-order valence-corrected chi connectivity index (χ0v) is 12.5. The van der Waals surface area contributed by atoms with Gasteiger partial charge in [-0.2, -0.15) is 8.42 Å². The molecule has 2 aromatic rings. The standard InChI is InChI=1S/C16H12O5S/c1-20-11-7-8-12-13(9-11)21-16(17)14(15(12)22(18)19)10-5-3-2-4-6-10/h2-9,14H,1H3. The van der Waals surface area contributed by atoms with Crippen molar-refractivity contribution >= 4 is 21.1 Å². The van der Waals surface area contributed by atoms with E-state index < -0.39 is 22.2 Å². The first kappa shape index (κ1) is 14.3. The molecule has 1 aliphatic heterocycles. The molecule has 0 radical (unpaired) electrons. The van der Waals surface area contributed by atoms with Crippen LogP contribution in [0.25, 0.3) is 0 Å². The molecule has 22 heavy (non-hydrogen) atoms. The van der Waals surface area contributed by atoms with Crippen molar-refractivity contribution < 1.29 is 22.7 Å². The van der Waals surface area contributed by atoms with Gasteiger partial charge >= 0.3 is 5.97 Å². The average molecular weight is 316 g/mol. The summed E-state index contributed by atoms with van der Waals surface area (Å²) in [5.74, 6) is -0.900. The molecule has 0 saturated carbocycles. The molecule has 1 heterocycles. The van der Waals surface area contributed by atoms with E-state index in [1.807, 2.05) is 0 Å². The van der Waals surface area contributed by atoms with Gasteiger partial charge in [-0.3, -0.25) is 4.79 Å². The number of fused-ring (bicyclic) bond motifs is 1. The molecule has 0 saturated heterocycles. The van der Waals surface area contributed by atoms with Gasteiger partial charge < -0.3 is 9.47 Å². The SMILES string of the molecule is COc1ccc2c(c1)OC(=O)C(c1ccccc1)C2=S(=O)=O. The van der Waals surface area contributed by atoms with Crippen LogP contribution in [0.1, 0.15) is 17.0 Å². The number of ether oxygens (including phenoxy) is 2. The summed E-state index contributed by atoms with van der Waals surface area (Å²) in [6, 6.07) is 13.4. The van der Waals surface area contributed by atoms with Crippen molar-refractivity contribution in [3.8, 4) is 11.5 Å². The number of carbonyl (C=O) groups excluding carboxylic acids is 1. The van der Waals surface area contributed by atoms with Crippen molar-refractivity contribution in [3.05, 3.63) is 59.7 Å². The van der Waals surface area contributed by atoms with Crippen LogP contribution in [0, 0.1) is 0 Å². The third kappa shape index (κ3) is 2.37. The van der Waals surface area contributed by atoms with Gasteiger partial charge in [-0.25, -0.2) is 0 Å². The average Bonchev–Trinajstić information content (AvgIpc) is 2.53. The highest BCUT2D eigenvalue weighted by atomic mass is 32.2. The largest absolute Gasteiger partial charge is 0.497 e. The summed E-state index contributed by atoms with van der Waals surface area (Å²) in [6.45, 7) is 0. The smallest absolute Gasteiger partial charge is 0.324 e. The van der Waals surface area contributed by atoms with Crippen LogP contribution in [0.4, 0.5) is 0 Å². The minimum Gasteiger partial charge on any atom is -0.497 e. The molecule has 5 nitrogen and oxygen atoms in total. The second kappa shape index (κ2) is 5.65. The van der Waals surface area contributed by atoms with Gasteiger partial charge in [0.2, 0.25) is 10.3 Å². The quantitative estimate of drug-likeness (QED) is 0.480. The number of rotatable bonds is 2. The van der Waals surface area contributed by atoms with Gasteiger partial charge in [-0.1, -0.05) is 30.3 Å². The summed E-state index contributed by atoms with van der Waals surface area (Å²) < 4.78 is 33.8. The molecule has 0 amide bonds. The monoisotopic (exact) mass is 316 g/mol. The number of methoxy groups -OCH3 is 1. The van der Waals surface area contributed by atoms with Crippen LogP contribution in [0.15, 0.2) is 48.5 Å². The number of benzene rings is 2. The lowest BCUT2D eigenvalue weighted by Crippen LogP contribution is -2.32.